The number of thiophene rings is 1. The van der Waals surface area contributed by atoms with E-state index in [4.69, 9.17) is 11.1 Å². The molecule has 0 aliphatic rings. The van der Waals surface area contributed by atoms with Gasteiger partial charge in [-0.15, -0.1) is 23.1 Å². The molecule has 3 N–H and O–H groups in total. The van der Waals surface area contributed by atoms with E-state index in [9.17, 15) is 26.4 Å². The Kier molecular flexibility index (Phi) is 7.14. The zero-order valence-corrected chi connectivity index (χ0v) is 19.2. The van der Waals surface area contributed by atoms with Crippen LogP contribution in [0, 0.1) is 5.41 Å². The molecule has 174 valence electrons. The van der Waals surface area contributed by atoms with E-state index in [0.29, 0.717) is 4.21 Å². The van der Waals surface area contributed by atoms with Gasteiger partial charge in [-0.25, -0.2) is 13.2 Å². The summed E-state index contributed by atoms with van der Waals surface area (Å²) in [6.07, 6.45) is -3.86. The summed E-state index contributed by atoms with van der Waals surface area (Å²) in [5.41, 5.74) is 5.46. The first-order chi connectivity index (χ1) is 15.4. The van der Waals surface area contributed by atoms with Crippen LogP contribution < -0.4 is 5.73 Å². The number of thioether (sulfide) groups is 1. The zero-order chi connectivity index (χ0) is 24.4. The molecule has 13 heteroatoms. The molecular formula is C20H16F3N3O4S3. The van der Waals surface area contributed by atoms with Gasteiger partial charge in [0.15, 0.2) is 6.10 Å². The number of aromatic nitrogens is 1. The second kappa shape index (κ2) is 9.53. The molecule has 3 rings (SSSR count). The van der Waals surface area contributed by atoms with Crippen molar-refractivity contribution in [2.75, 3.05) is 6.26 Å². The Bertz CT molecular complexity index is 1290. The second-order valence-electron chi connectivity index (χ2n) is 6.49. The third-order valence-electron chi connectivity index (χ3n) is 4.29. The molecule has 1 unspecified atom stereocenters. The molecule has 33 heavy (non-hydrogen) atoms. The number of nitrogens with two attached hydrogens (primary N) is 1. The van der Waals surface area contributed by atoms with Gasteiger partial charge in [0.1, 0.15) is 5.84 Å². The first kappa shape index (κ1) is 24.7. The highest BCUT2D eigenvalue weighted by molar-refractivity contribution is 8.01. The van der Waals surface area contributed by atoms with Crippen LogP contribution in [0.15, 0.2) is 68.7 Å². The normalized spacial score (nSPS) is 12.8. The molecule has 0 aliphatic carbocycles. The molecule has 7 nitrogen and oxygen atoms in total. The van der Waals surface area contributed by atoms with Gasteiger partial charge in [0.05, 0.1) is 24.6 Å². The molecule has 0 aliphatic heterocycles. The predicted molar refractivity (Wildman–Crippen MR) is 117 cm³/mol. The minimum absolute atomic E-state index is 0.0103. The number of nitrogens with one attached hydrogen (secondary N) is 1. The fourth-order valence-electron chi connectivity index (χ4n) is 2.80. The number of esters is 1. The predicted octanol–water partition coefficient (Wildman–Crippen LogP) is 4.18. The summed E-state index contributed by atoms with van der Waals surface area (Å²) in [6, 6.07) is 10.7. The van der Waals surface area contributed by atoms with Crippen molar-refractivity contribution in [3.63, 3.8) is 0 Å². The first-order valence-corrected chi connectivity index (χ1v) is 12.5. The minimum Gasteiger partial charge on any atom is -0.444 e. The number of hydrogen-bond acceptors (Lipinski definition) is 8. The number of halogens is 3. The summed E-state index contributed by atoms with van der Waals surface area (Å²) in [4.78, 5) is 15.5. The maximum Gasteiger partial charge on any atom is 0.490 e. The molecule has 1 atom stereocenters. The van der Waals surface area contributed by atoms with E-state index in [-0.39, 0.29) is 31.8 Å². The summed E-state index contributed by atoms with van der Waals surface area (Å²) in [5, 5.41) is 7.57. The van der Waals surface area contributed by atoms with Crippen LogP contribution >= 0.6 is 23.1 Å². The quantitative estimate of drug-likeness (QED) is 0.209. The number of amidine groups is 1. The lowest BCUT2D eigenvalue weighted by molar-refractivity contribution is -0.203. The fraction of sp³-hybridized carbons (Fsp3) is 0.150. The summed E-state index contributed by atoms with van der Waals surface area (Å²) in [6.45, 7) is 0. The number of nitrogen functional groups attached to an aromatic ring is 1. The Morgan fingerprint density at radius 2 is 1.94 bits per heavy atom. The van der Waals surface area contributed by atoms with Gasteiger partial charge in [0.2, 0.25) is 9.84 Å². The van der Waals surface area contributed by atoms with Crippen LogP contribution in [0.2, 0.25) is 0 Å². The number of pyridine rings is 1. The number of hydrogen-bond donors (Lipinski definition) is 2. The average Bonchev–Trinajstić information content (AvgIpc) is 3.23. The molecule has 0 spiro atoms. The summed E-state index contributed by atoms with van der Waals surface area (Å²) in [7, 11) is -4.14. The molecule has 0 fully saturated rings. The van der Waals surface area contributed by atoms with Crippen molar-refractivity contribution in [2.45, 2.75) is 26.3 Å². The topological polar surface area (TPSA) is 123 Å². The third kappa shape index (κ3) is 5.37. The van der Waals surface area contributed by atoms with Crippen LogP contribution in [0.25, 0.3) is 0 Å². The van der Waals surface area contributed by atoms with Gasteiger partial charge in [0.25, 0.3) is 0 Å². The largest absolute Gasteiger partial charge is 0.490 e. The number of alkyl halides is 3. The van der Waals surface area contributed by atoms with Crippen LogP contribution in [-0.4, -0.2) is 37.6 Å². The van der Waals surface area contributed by atoms with E-state index < -0.39 is 28.1 Å². The number of sulfone groups is 1. The van der Waals surface area contributed by atoms with E-state index in [1.165, 1.54) is 48.7 Å². The van der Waals surface area contributed by atoms with Crippen molar-refractivity contribution in [3.8, 4) is 0 Å². The summed E-state index contributed by atoms with van der Waals surface area (Å²) < 4.78 is 70.3. The maximum absolute atomic E-state index is 13.3. The first-order valence-electron chi connectivity index (χ1n) is 9.01. The molecule has 0 radical (unpaired) electrons. The number of ether oxygens (including phenoxy) is 1. The molecule has 0 amide bonds. The molecule has 3 aromatic rings. The summed E-state index contributed by atoms with van der Waals surface area (Å²) >= 11 is 2.19. The smallest absolute Gasteiger partial charge is 0.444 e. The number of carbonyl (C=O) groups is 1. The Morgan fingerprint density at radius 3 is 2.52 bits per heavy atom. The van der Waals surface area contributed by atoms with Crippen molar-refractivity contribution in [1.82, 2.24) is 4.98 Å². The van der Waals surface area contributed by atoms with Crippen molar-refractivity contribution >= 4 is 44.7 Å². The van der Waals surface area contributed by atoms with Gasteiger partial charge in [-0.3, -0.25) is 10.4 Å². The lowest BCUT2D eigenvalue weighted by Gasteiger charge is -2.19. The van der Waals surface area contributed by atoms with E-state index in [2.05, 4.69) is 9.72 Å². The monoisotopic (exact) mass is 515 g/mol. The van der Waals surface area contributed by atoms with E-state index in [1.807, 2.05) is 0 Å². The van der Waals surface area contributed by atoms with Gasteiger partial charge in [0, 0.05) is 6.20 Å². The maximum atomic E-state index is 13.3. The highest BCUT2D eigenvalue weighted by atomic mass is 32.2. The van der Waals surface area contributed by atoms with Gasteiger partial charge < -0.3 is 10.5 Å². The van der Waals surface area contributed by atoms with Crippen molar-refractivity contribution in [3.05, 3.63) is 70.9 Å². The molecule has 0 bridgehead atoms. The molecule has 0 saturated heterocycles. The highest BCUT2D eigenvalue weighted by Crippen LogP contribution is 2.38. The van der Waals surface area contributed by atoms with Crippen LogP contribution in [-0.2, 0) is 19.4 Å². The SMILES string of the molecule is CSc1sc(C(=N)N)cc1S(=O)(=O)c1cccc(C(OC(=O)C(F)(F)F)c2ccccn2)c1. The highest BCUT2D eigenvalue weighted by Gasteiger charge is 2.43. The van der Waals surface area contributed by atoms with Crippen molar-refractivity contribution in [2.24, 2.45) is 5.73 Å². The van der Waals surface area contributed by atoms with Crippen LogP contribution in [0.3, 0.4) is 0 Å². The molecule has 1 aromatic carbocycles. The molecule has 2 heterocycles. The number of carbonyl (C=O) groups excluding carboxylic acids is 1. The number of rotatable bonds is 7. The minimum atomic E-state index is -5.25. The Morgan fingerprint density at radius 1 is 1.21 bits per heavy atom. The van der Waals surface area contributed by atoms with E-state index in [1.54, 1.807) is 6.26 Å². The molecule has 0 saturated carbocycles. The average molecular weight is 516 g/mol. The fourth-order valence-corrected chi connectivity index (χ4v) is 6.71. The molecule has 2 aromatic heterocycles. The van der Waals surface area contributed by atoms with Crippen LogP contribution in [0.1, 0.15) is 22.2 Å². The van der Waals surface area contributed by atoms with E-state index in [0.717, 1.165) is 29.2 Å². The Labute approximate surface area is 195 Å². The second-order valence-corrected chi connectivity index (χ2v) is 10.5. The lowest BCUT2D eigenvalue weighted by atomic mass is 10.1. The van der Waals surface area contributed by atoms with Crippen molar-refractivity contribution in [1.29, 1.82) is 5.41 Å². The lowest BCUT2D eigenvalue weighted by Crippen LogP contribution is -2.28. The number of benzene rings is 1. The third-order valence-corrected chi connectivity index (χ3v) is 8.63. The van der Waals surface area contributed by atoms with Gasteiger partial charge in [-0.2, -0.15) is 13.2 Å². The number of nitrogens with zero attached hydrogens (tertiary/aromatic N) is 1. The van der Waals surface area contributed by atoms with Crippen LogP contribution in [0.5, 0.6) is 0 Å². The van der Waals surface area contributed by atoms with Gasteiger partial charge in [-0.1, -0.05) is 18.2 Å². The van der Waals surface area contributed by atoms with Gasteiger partial charge >= 0.3 is 12.1 Å². The Balaban J connectivity index is 2.10. The van der Waals surface area contributed by atoms with E-state index >= 15 is 0 Å². The summed E-state index contributed by atoms with van der Waals surface area (Å²) in [5.74, 6) is -2.72. The molecular weight excluding hydrogens is 499 g/mol. The Hall–Kier alpha value is -2.90. The zero-order valence-electron chi connectivity index (χ0n) is 16.8. The van der Waals surface area contributed by atoms with Crippen LogP contribution in [0.4, 0.5) is 13.2 Å². The standard InChI is InChI=1S/C20H16F3N3O4S3/c1-31-18-15(10-14(32-18)17(24)25)33(28,29)12-6-4-5-11(9-12)16(13-7-2-3-8-26-13)30-19(27)20(21,22)23/h2-10,16H,1H3,(H3,24,25). The van der Waals surface area contributed by atoms with Crippen molar-refractivity contribution < 1.29 is 31.1 Å². The van der Waals surface area contributed by atoms with Gasteiger partial charge in [-0.05, 0) is 42.2 Å².